The summed E-state index contributed by atoms with van der Waals surface area (Å²) in [7, 11) is 0. The molecule has 0 fully saturated rings. The van der Waals surface area contributed by atoms with E-state index in [1.54, 1.807) is 4.90 Å². The second-order valence-corrected chi connectivity index (χ2v) is 5.29. The third-order valence-electron chi connectivity index (χ3n) is 3.49. The molecule has 0 aliphatic heterocycles. The summed E-state index contributed by atoms with van der Waals surface area (Å²) in [6.45, 7) is 1.36. The van der Waals surface area contributed by atoms with Gasteiger partial charge in [0, 0.05) is 19.5 Å². The first-order valence-corrected chi connectivity index (χ1v) is 7.90. The van der Waals surface area contributed by atoms with Crippen LogP contribution in [0.25, 0.3) is 0 Å². The summed E-state index contributed by atoms with van der Waals surface area (Å²) in [5.74, 6) is 0.857. The van der Waals surface area contributed by atoms with Gasteiger partial charge in [0.15, 0.2) is 0 Å². The molecule has 1 N–H and O–H groups in total. The van der Waals surface area contributed by atoms with E-state index in [9.17, 15) is 4.79 Å². The Bertz CT molecular complexity index is 572. The zero-order valence-corrected chi connectivity index (χ0v) is 13.2. The quantitative estimate of drug-likeness (QED) is 0.724. The van der Waals surface area contributed by atoms with Crippen molar-refractivity contribution in [2.24, 2.45) is 0 Å². The number of aliphatic hydroxyl groups is 1. The van der Waals surface area contributed by atoms with Crippen LogP contribution in [0, 0.1) is 0 Å². The minimum atomic E-state index is -0.0287. The Kier molecular flexibility index (Phi) is 7.14. The zero-order chi connectivity index (χ0) is 16.3. The number of rotatable bonds is 9. The van der Waals surface area contributed by atoms with Gasteiger partial charge < -0.3 is 14.7 Å². The summed E-state index contributed by atoms with van der Waals surface area (Å²) in [5.41, 5.74) is 1.06. The lowest BCUT2D eigenvalue weighted by Crippen LogP contribution is -2.33. The molecule has 0 saturated heterocycles. The van der Waals surface area contributed by atoms with Crippen molar-refractivity contribution in [2.45, 2.75) is 19.4 Å². The fourth-order valence-electron chi connectivity index (χ4n) is 2.30. The van der Waals surface area contributed by atoms with Crippen LogP contribution in [0.2, 0.25) is 0 Å². The van der Waals surface area contributed by atoms with E-state index in [0.717, 1.165) is 11.3 Å². The summed E-state index contributed by atoms with van der Waals surface area (Å²) in [4.78, 5) is 14.0. The number of para-hydroxylation sites is 1. The highest BCUT2D eigenvalue weighted by Gasteiger charge is 2.13. The van der Waals surface area contributed by atoms with E-state index in [1.807, 2.05) is 60.7 Å². The van der Waals surface area contributed by atoms with Gasteiger partial charge in [-0.05, 0) is 24.1 Å². The van der Waals surface area contributed by atoms with Gasteiger partial charge in [0.05, 0.1) is 13.2 Å². The van der Waals surface area contributed by atoms with Gasteiger partial charge in [-0.2, -0.15) is 0 Å². The van der Waals surface area contributed by atoms with Crippen LogP contribution in [-0.4, -0.2) is 35.7 Å². The molecule has 4 nitrogen and oxygen atoms in total. The highest BCUT2D eigenvalue weighted by atomic mass is 16.5. The van der Waals surface area contributed by atoms with Crippen LogP contribution in [0.5, 0.6) is 5.75 Å². The average molecular weight is 313 g/mol. The Hall–Kier alpha value is -2.33. The van der Waals surface area contributed by atoms with Crippen molar-refractivity contribution in [1.82, 2.24) is 4.90 Å². The Balaban J connectivity index is 1.76. The van der Waals surface area contributed by atoms with E-state index < -0.39 is 0 Å². The van der Waals surface area contributed by atoms with Crippen molar-refractivity contribution < 1.29 is 14.6 Å². The maximum Gasteiger partial charge on any atom is 0.223 e. The molecule has 4 heteroatoms. The average Bonchev–Trinajstić information content (AvgIpc) is 2.60. The second kappa shape index (κ2) is 9.64. The maximum absolute atomic E-state index is 12.3. The van der Waals surface area contributed by atoms with Crippen molar-refractivity contribution in [2.75, 3.05) is 19.8 Å². The van der Waals surface area contributed by atoms with Gasteiger partial charge >= 0.3 is 0 Å². The molecule has 1 amide bonds. The van der Waals surface area contributed by atoms with E-state index >= 15 is 0 Å². The molecule has 0 unspecified atom stereocenters. The molecule has 0 spiro atoms. The van der Waals surface area contributed by atoms with Gasteiger partial charge in [-0.1, -0.05) is 48.5 Å². The van der Waals surface area contributed by atoms with Crippen molar-refractivity contribution in [3.63, 3.8) is 0 Å². The number of nitrogens with zero attached hydrogens (tertiary/aromatic N) is 1. The lowest BCUT2D eigenvalue weighted by Gasteiger charge is -2.22. The monoisotopic (exact) mass is 313 g/mol. The molecule has 0 heterocycles. The molecule has 2 aromatic rings. The van der Waals surface area contributed by atoms with Crippen LogP contribution < -0.4 is 4.74 Å². The molecule has 2 aromatic carbocycles. The fraction of sp³-hybridized carbons (Fsp3) is 0.316. The van der Waals surface area contributed by atoms with E-state index in [4.69, 9.17) is 9.84 Å². The largest absolute Gasteiger partial charge is 0.494 e. The highest BCUT2D eigenvalue weighted by Crippen LogP contribution is 2.10. The molecule has 122 valence electrons. The van der Waals surface area contributed by atoms with Gasteiger partial charge in [-0.25, -0.2) is 0 Å². The number of hydrogen-bond donors (Lipinski definition) is 1. The number of aliphatic hydroxyl groups excluding tert-OH is 1. The van der Waals surface area contributed by atoms with Crippen LogP contribution >= 0.6 is 0 Å². The molecule has 0 radical (unpaired) electrons. The number of amides is 1. The number of carbonyl (C=O) groups excluding carboxylic acids is 1. The molecule has 2 rings (SSSR count). The molecule has 0 aliphatic rings. The molecule has 0 saturated carbocycles. The van der Waals surface area contributed by atoms with Crippen LogP contribution in [0.15, 0.2) is 60.7 Å². The Morgan fingerprint density at radius 1 is 1.00 bits per heavy atom. The summed E-state index contributed by atoms with van der Waals surface area (Å²) in [6.07, 6.45) is 1.07. The fourth-order valence-corrected chi connectivity index (χ4v) is 2.30. The highest BCUT2D eigenvalue weighted by molar-refractivity contribution is 5.76. The van der Waals surface area contributed by atoms with E-state index in [0.29, 0.717) is 32.5 Å². The third-order valence-corrected chi connectivity index (χ3v) is 3.49. The van der Waals surface area contributed by atoms with E-state index in [1.165, 1.54) is 0 Å². The van der Waals surface area contributed by atoms with Gasteiger partial charge in [0.2, 0.25) is 5.91 Å². The maximum atomic E-state index is 12.3. The lowest BCUT2D eigenvalue weighted by molar-refractivity contribution is -0.132. The smallest absolute Gasteiger partial charge is 0.223 e. The van der Waals surface area contributed by atoms with Gasteiger partial charge in [0.25, 0.3) is 0 Å². The topological polar surface area (TPSA) is 49.8 Å². The summed E-state index contributed by atoms with van der Waals surface area (Å²) < 4.78 is 5.59. The predicted octanol–water partition coefficient (Wildman–Crippen LogP) is 2.87. The van der Waals surface area contributed by atoms with Crippen molar-refractivity contribution in [1.29, 1.82) is 0 Å². The van der Waals surface area contributed by atoms with E-state index in [2.05, 4.69) is 0 Å². The van der Waals surface area contributed by atoms with Crippen LogP contribution in [0.3, 0.4) is 0 Å². The minimum absolute atomic E-state index is 0.0287. The van der Waals surface area contributed by atoms with Gasteiger partial charge in [0.1, 0.15) is 5.75 Å². The summed E-state index contributed by atoms with van der Waals surface area (Å²) in [5, 5.41) is 9.17. The van der Waals surface area contributed by atoms with Crippen molar-refractivity contribution in [3.8, 4) is 5.75 Å². The van der Waals surface area contributed by atoms with Gasteiger partial charge in [-0.15, -0.1) is 0 Å². The summed E-state index contributed by atoms with van der Waals surface area (Å²) >= 11 is 0. The summed E-state index contributed by atoms with van der Waals surface area (Å²) in [6, 6.07) is 19.4. The third kappa shape index (κ3) is 6.12. The number of carbonyl (C=O) groups is 1. The number of ether oxygens (including phenoxy) is 1. The van der Waals surface area contributed by atoms with Gasteiger partial charge in [-0.3, -0.25) is 4.79 Å². The minimum Gasteiger partial charge on any atom is -0.494 e. The first-order valence-electron chi connectivity index (χ1n) is 7.90. The molecular weight excluding hydrogens is 290 g/mol. The zero-order valence-electron chi connectivity index (χ0n) is 13.2. The normalized spacial score (nSPS) is 10.3. The number of benzene rings is 2. The lowest BCUT2D eigenvalue weighted by atomic mass is 10.2. The van der Waals surface area contributed by atoms with Crippen LogP contribution in [0.4, 0.5) is 0 Å². The van der Waals surface area contributed by atoms with Crippen LogP contribution in [-0.2, 0) is 11.3 Å². The molecule has 0 bridgehead atoms. The van der Waals surface area contributed by atoms with E-state index in [-0.39, 0.29) is 12.5 Å². The SMILES string of the molecule is O=C(CCCOc1ccccc1)N(CCO)Cc1ccccc1. The Morgan fingerprint density at radius 3 is 2.30 bits per heavy atom. The molecule has 0 atom stereocenters. The molecule has 23 heavy (non-hydrogen) atoms. The van der Waals surface area contributed by atoms with Crippen LogP contribution in [0.1, 0.15) is 18.4 Å². The Morgan fingerprint density at radius 2 is 1.65 bits per heavy atom. The predicted molar refractivity (Wildman–Crippen MR) is 90.1 cm³/mol. The molecule has 0 aromatic heterocycles. The Labute approximate surface area is 137 Å². The number of hydrogen-bond acceptors (Lipinski definition) is 3. The first-order chi connectivity index (χ1) is 11.3. The second-order valence-electron chi connectivity index (χ2n) is 5.29. The van der Waals surface area contributed by atoms with Crippen molar-refractivity contribution >= 4 is 5.91 Å². The standard InChI is InChI=1S/C19H23NO3/c21-14-13-20(16-17-8-3-1-4-9-17)19(22)12-7-15-23-18-10-5-2-6-11-18/h1-6,8-11,21H,7,12-16H2. The molecular formula is C19H23NO3. The molecule has 0 aliphatic carbocycles. The first kappa shape index (κ1) is 17.0. The van der Waals surface area contributed by atoms with Crippen molar-refractivity contribution in [3.05, 3.63) is 66.2 Å².